The van der Waals surface area contributed by atoms with Gasteiger partial charge in [0.2, 0.25) is 5.91 Å². The van der Waals surface area contributed by atoms with Crippen LogP contribution in [0.3, 0.4) is 0 Å². The Balaban J connectivity index is 1.54. The highest BCUT2D eigenvalue weighted by Crippen LogP contribution is 2.38. The molecule has 0 bridgehead atoms. The van der Waals surface area contributed by atoms with Crippen molar-refractivity contribution in [1.82, 2.24) is 18.8 Å². The quantitative estimate of drug-likeness (QED) is 0.498. The van der Waals surface area contributed by atoms with Gasteiger partial charge in [-0.1, -0.05) is 6.58 Å². The highest BCUT2D eigenvalue weighted by molar-refractivity contribution is 7.97. The summed E-state index contributed by atoms with van der Waals surface area (Å²) in [5, 5.41) is 0.597. The van der Waals surface area contributed by atoms with E-state index in [2.05, 4.69) is 18.2 Å². The Labute approximate surface area is 198 Å². The summed E-state index contributed by atoms with van der Waals surface area (Å²) in [5.74, 6) is 0.407. The molecule has 0 radical (unpaired) electrons. The van der Waals surface area contributed by atoms with Crippen LogP contribution in [0.2, 0.25) is 0 Å². The van der Waals surface area contributed by atoms with Gasteiger partial charge in [0.05, 0.1) is 10.9 Å². The lowest BCUT2D eigenvalue weighted by atomic mass is 9.97. The summed E-state index contributed by atoms with van der Waals surface area (Å²) in [7, 11) is 0. The van der Waals surface area contributed by atoms with Crippen molar-refractivity contribution >= 4 is 28.8 Å². The molecule has 2 unspecified atom stereocenters. The lowest BCUT2D eigenvalue weighted by molar-refractivity contribution is -0.129. The maximum Gasteiger partial charge on any atom is 0.331 e. The van der Waals surface area contributed by atoms with Crippen LogP contribution < -0.4 is 16.0 Å². The number of nitrogens with one attached hydrogen (secondary N) is 1. The van der Waals surface area contributed by atoms with E-state index in [0.29, 0.717) is 37.2 Å². The summed E-state index contributed by atoms with van der Waals surface area (Å²) in [6.45, 7) is 8.93. The van der Waals surface area contributed by atoms with Crippen molar-refractivity contribution in [2.24, 2.45) is 5.92 Å². The molecule has 3 fully saturated rings. The molecule has 33 heavy (non-hydrogen) atoms. The minimum atomic E-state index is -0.220. The average molecular weight is 469 g/mol. The first-order chi connectivity index (χ1) is 15.8. The fourth-order valence-corrected chi connectivity index (χ4v) is 5.67. The van der Waals surface area contributed by atoms with E-state index in [0.717, 1.165) is 36.1 Å². The van der Waals surface area contributed by atoms with Crippen molar-refractivity contribution in [3.05, 3.63) is 51.7 Å². The zero-order valence-electron chi connectivity index (χ0n) is 19.4. The van der Waals surface area contributed by atoms with E-state index in [9.17, 15) is 14.4 Å². The number of amides is 1. The van der Waals surface area contributed by atoms with Crippen molar-refractivity contribution < 1.29 is 4.79 Å². The van der Waals surface area contributed by atoms with Crippen LogP contribution in [0.4, 0.5) is 0 Å². The van der Waals surface area contributed by atoms with Gasteiger partial charge in [0.1, 0.15) is 0 Å². The first-order valence-electron chi connectivity index (χ1n) is 12.0. The minimum Gasteiger partial charge on any atom is -0.336 e. The van der Waals surface area contributed by atoms with Crippen LogP contribution in [0.15, 0.2) is 45.3 Å². The van der Waals surface area contributed by atoms with Gasteiger partial charge in [0.25, 0.3) is 5.56 Å². The number of likely N-dealkylation sites (tertiary alicyclic amines) is 1. The van der Waals surface area contributed by atoms with E-state index in [1.165, 1.54) is 10.6 Å². The molecule has 2 heterocycles. The Morgan fingerprint density at radius 1 is 1.27 bits per heavy atom. The smallest absolute Gasteiger partial charge is 0.331 e. The van der Waals surface area contributed by atoms with Crippen LogP contribution in [0.25, 0.3) is 10.9 Å². The molecule has 8 heteroatoms. The molecule has 2 saturated carbocycles. The largest absolute Gasteiger partial charge is 0.336 e. The average Bonchev–Trinajstić information content (AvgIpc) is 3.73. The minimum absolute atomic E-state index is 0.0569. The third-order valence-electron chi connectivity index (χ3n) is 7.37. The van der Waals surface area contributed by atoms with Gasteiger partial charge in [-0.25, -0.2) is 4.79 Å². The van der Waals surface area contributed by atoms with Gasteiger partial charge in [-0.3, -0.25) is 23.4 Å². The van der Waals surface area contributed by atoms with E-state index in [-0.39, 0.29) is 34.8 Å². The molecule has 0 spiro atoms. The number of piperidine rings is 1. The second-order valence-corrected chi connectivity index (χ2v) is 11.1. The van der Waals surface area contributed by atoms with Crippen LogP contribution in [0, 0.1) is 5.92 Å². The van der Waals surface area contributed by atoms with Crippen molar-refractivity contribution in [3.63, 3.8) is 0 Å². The third-order valence-corrected chi connectivity index (χ3v) is 8.45. The second kappa shape index (κ2) is 8.47. The van der Waals surface area contributed by atoms with Gasteiger partial charge in [0, 0.05) is 35.6 Å². The molecule has 7 nitrogen and oxygen atoms in total. The van der Waals surface area contributed by atoms with Gasteiger partial charge in [-0.2, -0.15) is 0 Å². The molecule has 2 aliphatic carbocycles. The first kappa shape index (κ1) is 22.5. The molecule has 176 valence electrons. The monoisotopic (exact) mass is 468 g/mol. The number of benzene rings is 1. The molecule has 1 N–H and O–H groups in total. The number of fused-ring (bicyclic) bond motifs is 1. The Morgan fingerprint density at radius 2 is 2.03 bits per heavy atom. The van der Waals surface area contributed by atoms with E-state index >= 15 is 0 Å². The molecular weight excluding hydrogens is 436 g/mol. The molecule has 1 saturated heterocycles. The zero-order valence-corrected chi connectivity index (χ0v) is 20.2. The molecular formula is C25H32N4O3S. The predicted octanol–water partition coefficient (Wildman–Crippen LogP) is 3.46. The number of hydrogen-bond donors (Lipinski definition) is 1. The number of hydrogen-bond acceptors (Lipinski definition) is 5. The Hall–Kier alpha value is -2.32. The van der Waals surface area contributed by atoms with Crippen LogP contribution in [-0.4, -0.2) is 38.1 Å². The number of aromatic nitrogens is 2. The summed E-state index contributed by atoms with van der Waals surface area (Å²) in [5.41, 5.74) is 0.465. The van der Waals surface area contributed by atoms with Crippen molar-refractivity contribution in [2.75, 3.05) is 6.54 Å². The molecule has 1 aliphatic heterocycles. The van der Waals surface area contributed by atoms with Crippen molar-refractivity contribution in [1.29, 1.82) is 0 Å². The topological polar surface area (TPSA) is 76.3 Å². The standard InChI is InChI=1S/C25H32N4O3S/c1-4-22(30)27-12-9-18(13-16(27)2)29-23(31)20-14-19(33-26-25(3)10-11-25)7-8-21(20)28(24(29)32)15-17-5-6-17/h4,7-8,14,16-18,26H,1,5-6,9-13,15H2,2-3H3. The second-order valence-electron chi connectivity index (χ2n) is 10.2. The van der Waals surface area contributed by atoms with Crippen LogP contribution >= 0.6 is 11.9 Å². The lowest BCUT2D eigenvalue weighted by Crippen LogP contribution is -2.49. The third kappa shape index (κ3) is 4.43. The van der Waals surface area contributed by atoms with Crippen LogP contribution in [0.1, 0.15) is 58.4 Å². The summed E-state index contributed by atoms with van der Waals surface area (Å²) in [4.78, 5) is 42.2. The van der Waals surface area contributed by atoms with Crippen LogP contribution in [0.5, 0.6) is 0 Å². The van der Waals surface area contributed by atoms with E-state index in [4.69, 9.17) is 0 Å². The number of nitrogens with zero attached hydrogens (tertiary/aromatic N) is 3. The number of rotatable bonds is 7. The van der Waals surface area contributed by atoms with Crippen LogP contribution in [-0.2, 0) is 11.3 Å². The van der Waals surface area contributed by atoms with E-state index in [1.807, 2.05) is 29.7 Å². The molecule has 2 atom stereocenters. The molecule has 2 aromatic rings. The molecule has 1 aromatic carbocycles. The van der Waals surface area contributed by atoms with Crippen molar-refractivity contribution in [2.45, 2.75) is 81.4 Å². The summed E-state index contributed by atoms with van der Waals surface area (Å²) in [6, 6.07) is 5.58. The highest BCUT2D eigenvalue weighted by atomic mass is 32.2. The highest BCUT2D eigenvalue weighted by Gasteiger charge is 2.37. The SMILES string of the molecule is C=CC(=O)N1CCC(n2c(=O)c3cc(SNC4(C)CC4)ccc3n(CC3CC3)c2=O)CC1C. The maximum atomic E-state index is 13.7. The number of carbonyl (C=O) groups is 1. The molecule has 1 amide bonds. The van der Waals surface area contributed by atoms with Gasteiger partial charge < -0.3 is 4.90 Å². The summed E-state index contributed by atoms with van der Waals surface area (Å²) < 4.78 is 6.78. The fraction of sp³-hybridized carbons (Fsp3) is 0.560. The Bertz CT molecular complexity index is 1220. The van der Waals surface area contributed by atoms with Crippen molar-refractivity contribution in [3.8, 4) is 0 Å². The van der Waals surface area contributed by atoms with E-state index < -0.39 is 0 Å². The lowest BCUT2D eigenvalue weighted by Gasteiger charge is -2.37. The summed E-state index contributed by atoms with van der Waals surface area (Å²) in [6.07, 6.45) is 7.07. The predicted molar refractivity (Wildman–Crippen MR) is 131 cm³/mol. The molecule has 5 rings (SSSR count). The molecule has 3 aliphatic rings. The molecule has 1 aromatic heterocycles. The first-order valence-corrected chi connectivity index (χ1v) is 12.8. The van der Waals surface area contributed by atoms with Gasteiger partial charge in [0.15, 0.2) is 0 Å². The summed E-state index contributed by atoms with van der Waals surface area (Å²) >= 11 is 1.56. The zero-order chi connectivity index (χ0) is 23.3. The van der Waals surface area contributed by atoms with Gasteiger partial charge in [-0.05, 0) is 94.5 Å². The van der Waals surface area contributed by atoms with E-state index in [1.54, 1.807) is 16.8 Å². The maximum absolute atomic E-state index is 13.7. The normalized spacial score (nSPS) is 24.1. The Kier molecular flexibility index (Phi) is 5.77. The Morgan fingerprint density at radius 3 is 2.67 bits per heavy atom. The van der Waals surface area contributed by atoms with Gasteiger partial charge >= 0.3 is 5.69 Å². The van der Waals surface area contributed by atoms with Gasteiger partial charge in [-0.15, -0.1) is 0 Å². The fourth-order valence-electron chi connectivity index (χ4n) is 4.79. The number of carbonyl (C=O) groups excluding carboxylic acids is 1.